The molecule has 0 fully saturated rings. The molecular formula is C15H13Br2NO2. The van der Waals surface area contributed by atoms with E-state index in [1.807, 2.05) is 24.3 Å². The van der Waals surface area contributed by atoms with Gasteiger partial charge in [0, 0.05) is 14.5 Å². The predicted molar refractivity (Wildman–Crippen MR) is 87.1 cm³/mol. The average Bonchev–Trinajstić information content (AvgIpc) is 2.43. The Hall–Kier alpha value is -1.33. The van der Waals surface area contributed by atoms with Crippen molar-refractivity contribution < 1.29 is 9.53 Å². The normalized spacial score (nSPS) is 11.9. The summed E-state index contributed by atoms with van der Waals surface area (Å²) >= 11 is 6.74. The molecule has 2 aromatic carbocycles. The van der Waals surface area contributed by atoms with Crippen LogP contribution < -0.4 is 10.5 Å². The number of carbonyl (C=O) groups excluding carboxylic acids is 1. The van der Waals surface area contributed by atoms with Crippen molar-refractivity contribution in [1.29, 1.82) is 0 Å². The van der Waals surface area contributed by atoms with E-state index < -0.39 is 6.10 Å². The van der Waals surface area contributed by atoms with Crippen LogP contribution in [-0.2, 0) is 0 Å². The molecule has 2 N–H and O–H groups in total. The second-order valence-corrected chi connectivity index (χ2v) is 6.06. The summed E-state index contributed by atoms with van der Waals surface area (Å²) in [5.74, 6) is 0.404. The van der Waals surface area contributed by atoms with Crippen molar-refractivity contribution in [1.82, 2.24) is 0 Å². The molecule has 0 spiro atoms. The molecule has 2 rings (SSSR count). The number of ketones is 1. The number of para-hydroxylation sites is 2. The molecule has 0 aromatic heterocycles. The average molecular weight is 399 g/mol. The van der Waals surface area contributed by atoms with Gasteiger partial charge >= 0.3 is 0 Å². The van der Waals surface area contributed by atoms with Gasteiger partial charge in [-0.1, -0.05) is 44.0 Å². The van der Waals surface area contributed by atoms with Gasteiger partial charge in [0.2, 0.25) is 5.78 Å². The SMILES string of the molecule is CC(Oc1ccccc1N)C(=O)c1cc(Br)ccc1Br. The smallest absolute Gasteiger partial charge is 0.204 e. The summed E-state index contributed by atoms with van der Waals surface area (Å²) in [4.78, 5) is 12.4. The molecule has 0 aliphatic rings. The molecule has 0 radical (unpaired) electrons. The molecule has 5 heteroatoms. The van der Waals surface area contributed by atoms with Crippen LogP contribution in [0.3, 0.4) is 0 Å². The highest BCUT2D eigenvalue weighted by Gasteiger charge is 2.20. The van der Waals surface area contributed by atoms with E-state index in [-0.39, 0.29) is 5.78 Å². The number of nitrogen functional groups attached to an aromatic ring is 1. The lowest BCUT2D eigenvalue weighted by Crippen LogP contribution is -2.24. The van der Waals surface area contributed by atoms with Crippen LogP contribution in [0, 0.1) is 0 Å². The van der Waals surface area contributed by atoms with Crippen molar-refractivity contribution in [3.8, 4) is 5.75 Å². The zero-order valence-electron chi connectivity index (χ0n) is 10.8. The Balaban J connectivity index is 2.21. The summed E-state index contributed by atoms with van der Waals surface area (Å²) in [5, 5.41) is 0. The number of carbonyl (C=O) groups is 1. The van der Waals surface area contributed by atoms with E-state index in [0.717, 1.165) is 8.95 Å². The molecule has 0 aliphatic heterocycles. The van der Waals surface area contributed by atoms with Gasteiger partial charge in [-0.15, -0.1) is 0 Å². The molecule has 0 saturated carbocycles. The lowest BCUT2D eigenvalue weighted by molar-refractivity contribution is 0.0818. The second kappa shape index (κ2) is 6.41. The molecule has 0 saturated heterocycles. The standard InChI is InChI=1S/C15H13Br2NO2/c1-9(20-14-5-3-2-4-13(14)18)15(19)11-8-10(16)6-7-12(11)17/h2-9H,18H2,1H3. The van der Waals surface area contributed by atoms with Crippen LogP contribution in [-0.4, -0.2) is 11.9 Å². The number of benzene rings is 2. The first kappa shape index (κ1) is 15.1. The minimum absolute atomic E-state index is 0.110. The first-order valence-corrected chi connectivity index (χ1v) is 7.58. The third-order valence-electron chi connectivity index (χ3n) is 2.79. The fraction of sp³-hybridized carbons (Fsp3) is 0.133. The monoisotopic (exact) mass is 397 g/mol. The van der Waals surface area contributed by atoms with E-state index in [0.29, 0.717) is 17.0 Å². The zero-order valence-corrected chi connectivity index (χ0v) is 13.9. The van der Waals surface area contributed by atoms with Crippen molar-refractivity contribution in [2.75, 3.05) is 5.73 Å². The van der Waals surface area contributed by atoms with Crippen LogP contribution in [0.25, 0.3) is 0 Å². The molecule has 2 aromatic rings. The van der Waals surface area contributed by atoms with E-state index >= 15 is 0 Å². The minimum atomic E-state index is -0.620. The van der Waals surface area contributed by atoms with Crippen molar-refractivity contribution >= 4 is 43.3 Å². The Morgan fingerprint density at radius 3 is 2.60 bits per heavy atom. The summed E-state index contributed by atoms with van der Waals surface area (Å²) in [6.07, 6.45) is -0.620. The van der Waals surface area contributed by atoms with Gasteiger partial charge in [-0.2, -0.15) is 0 Å². The summed E-state index contributed by atoms with van der Waals surface area (Å²) in [6.45, 7) is 1.71. The molecule has 104 valence electrons. The minimum Gasteiger partial charge on any atom is -0.480 e. The lowest BCUT2D eigenvalue weighted by atomic mass is 10.1. The number of anilines is 1. The molecule has 0 amide bonds. The summed E-state index contributed by atoms with van der Waals surface area (Å²) in [7, 11) is 0. The lowest BCUT2D eigenvalue weighted by Gasteiger charge is -2.16. The van der Waals surface area contributed by atoms with Crippen LogP contribution in [0.4, 0.5) is 5.69 Å². The van der Waals surface area contributed by atoms with Crippen LogP contribution in [0.15, 0.2) is 51.4 Å². The van der Waals surface area contributed by atoms with Crippen molar-refractivity contribution in [3.05, 3.63) is 57.0 Å². The number of halogens is 2. The molecule has 1 atom stereocenters. The highest BCUT2D eigenvalue weighted by Crippen LogP contribution is 2.26. The third kappa shape index (κ3) is 3.41. The molecule has 0 bridgehead atoms. The van der Waals surface area contributed by atoms with Crippen LogP contribution >= 0.6 is 31.9 Å². The second-order valence-electron chi connectivity index (χ2n) is 4.29. The number of hydrogen-bond acceptors (Lipinski definition) is 3. The Bertz CT molecular complexity index is 644. The Labute approximate surface area is 134 Å². The quantitative estimate of drug-likeness (QED) is 0.611. The Morgan fingerprint density at radius 2 is 1.90 bits per heavy atom. The maximum atomic E-state index is 12.4. The summed E-state index contributed by atoms with van der Waals surface area (Å²) in [5.41, 5.74) is 6.89. The maximum Gasteiger partial charge on any atom is 0.204 e. The van der Waals surface area contributed by atoms with Gasteiger partial charge < -0.3 is 10.5 Å². The van der Waals surface area contributed by atoms with Crippen LogP contribution in [0.1, 0.15) is 17.3 Å². The molecule has 1 unspecified atom stereocenters. The maximum absolute atomic E-state index is 12.4. The number of rotatable bonds is 4. The molecule has 0 heterocycles. The fourth-order valence-corrected chi connectivity index (χ4v) is 2.54. The highest BCUT2D eigenvalue weighted by atomic mass is 79.9. The van der Waals surface area contributed by atoms with Gasteiger partial charge in [-0.3, -0.25) is 4.79 Å². The summed E-state index contributed by atoms with van der Waals surface area (Å²) in [6, 6.07) is 12.6. The highest BCUT2D eigenvalue weighted by molar-refractivity contribution is 9.11. The number of Topliss-reactive ketones (excluding diaryl/α,β-unsaturated/α-hetero) is 1. The van der Waals surface area contributed by atoms with Gasteiger partial charge in [0.25, 0.3) is 0 Å². The van der Waals surface area contributed by atoms with Crippen molar-refractivity contribution in [2.45, 2.75) is 13.0 Å². The molecular weight excluding hydrogens is 386 g/mol. The zero-order chi connectivity index (χ0) is 14.7. The first-order chi connectivity index (χ1) is 9.49. The van der Waals surface area contributed by atoms with E-state index in [4.69, 9.17) is 10.5 Å². The van der Waals surface area contributed by atoms with Gasteiger partial charge in [0.1, 0.15) is 5.75 Å². The number of hydrogen-bond donors (Lipinski definition) is 1. The first-order valence-electron chi connectivity index (χ1n) is 5.99. The van der Waals surface area contributed by atoms with Crippen molar-refractivity contribution in [2.24, 2.45) is 0 Å². The largest absolute Gasteiger partial charge is 0.480 e. The van der Waals surface area contributed by atoms with E-state index in [9.17, 15) is 4.79 Å². The van der Waals surface area contributed by atoms with Crippen LogP contribution in [0.5, 0.6) is 5.75 Å². The third-order valence-corrected chi connectivity index (χ3v) is 3.97. The van der Waals surface area contributed by atoms with Gasteiger partial charge in [0.05, 0.1) is 5.69 Å². The Kier molecular flexibility index (Phi) is 4.83. The molecule has 0 aliphatic carbocycles. The fourth-order valence-electron chi connectivity index (χ4n) is 1.74. The Morgan fingerprint density at radius 1 is 1.20 bits per heavy atom. The molecule has 20 heavy (non-hydrogen) atoms. The van der Waals surface area contributed by atoms with E-state index in [1.54, 1.807) is 25.1 Å². The van der Waals surface area contributed by atoms with Gasteiger partial charge in [0.15, 0.2) is 6.10 Å². The van der Waals surface area contributed by atoms with E-state index in [2.05, 4.69) is 31.9 Å². The van der Waals surface area contributed by atoms with Gasteiger partial charge in [-0.05, 0) is 37.3 Å². The number of nitrogens with two attached hydrogens (primary N) is 1. The topological polar surface area (TPSA) is 52.3 Å². The number of ether oxygens (including phenoxy) is 1. The predicted octanol–water partition coefficient (Wildman–Crippen LogP) is 4.44. The van der Waals surface area contributed by atoms with E-state index in [1.165, 1.54) is 0 Å². The summed E-state index contributed by atoms with van der Waals surface area (Å²) < 4.78 is 7.23. The van der Waals surface area contributed by atoms with Gasteiger partial charge in [-0.25, -0.2) is 0 Å². The van der Waals surface area contributed by atoms with Crippen LogP contribution in [0.2, 0.25) is 0 Å². The molecule has 3 nitrogen and oxygen atoms in total. The van der Waals surface area contributed by atoms with Crippen molar-refractivity contribution in [3.63, 3.8) is 0 Å².